The molecule has 2 aliphatic heterocycles. The van der Waals surface area contributed by atoms with Gasteiger partial charge >= 0.3 is 6.03 Å². The standard InChI is InChI=1S/C16H22N2O2S2/c1-11-9-18(10-12(2)20-11)16(19)17-14-5-3-4-13(8-14)15-21-6-7-22-15/h3-5,8,11-12,15H,6-7,9-10H2,1-2H3,(H,17,19). The summed E-state index contributed by atoms with van der Waals surface area (Å²) in [5, 5.41) is 3.03. The van der Waals surface area contributed by atoms with Gasteiger partial charge < -0.3 is 15.0 Å². The van der Waals surface area contributed by atoms with Gasteiger partial charge in [0.15, 0.2) is 0 Å². The molecule has 2 amide bonds. The number of morpholine rings is 1. The fourth-order valence-corrected chi connectivity index (χ4v) is 5.70. The maximum absolute atomic E-state index is 12.4. The molecule has 3 rings (SSSR count). The smallest absolute Gasteiger partial charge is 0.322 e. The predicted molar refractivity (Wildman–Crippen MR) is 94.7 cm³/mol. The Morgan fingerprint density at radius 1 is 1.23 bits per heavy atom. The first-order chi connectivity index (χ1) is 10.6. The van der Waals surface area contributed by atoms with E-state index in [2.05, 4.69) is 17.4 Å². The summed E-state index contributed by atoms with van der Waals surface area (Å²) < 4.78 is 6.18. The van der Waals surface area contributed by atoms with Crippen LogP contribution in [-0.2, 0) is 4.74 Å². The van der Waals surface area contributed by atoms with Gasteiger partial charge in [-0.05, 0) is 31.5 Å². The molecule has 120 valence electrons. The van der Waals surface area contributed by atoms with Crippen LogP contribution in [-0.4, -0.2) is 47.7 Å². The largest absolute Gasteiger partial charge is 0.372 e. The van der Waals surface area contributed by atoms with Crippen LogP contribution in [0, 0.1) is 0 Å². The molecule has 2 atom stereocenters. The van der Waals surface area contributed by atoms with E-state index in [0.29, 0.717) is 17.7 Å². The Balaban J connectivity index is 1.64. The van der Waals surface area contributed by atoms with Crippen LogP contribution in [0.1, 0.15) is 24.0 Å². The van der Waals surface area contributed by atoms with Crippen molar-refractivity contribution in [3.8, 4) is 0 Å². The number of rotatable bonds is 2. The molecule has 2 heterocycles. The van der Waals surface area contributed by atoms with Crippen LogP contribution in [0.25, 0.3) is 0 Å². The van der Waals surface area contributed by atoms with Gasteiger partial charge in [0, 0.05) is 30.3 Å². The van der Waals surface area contributed by atoms with Gasteiger partial charge in [-0.15, -0.1) is 23.5 Å². The molecule has 2 aliphatic rings. The number of benzene rings is 1. The van der Waals surface area contributed by atoms with Gasteiger partial charge in [0.2, 0.25) is 0 Å². The molecule has 0 bridgehead atoms. The third-order valence-electron chi connectivity index (χ3n) is 3.74. The molecule has 1 aromatic carbocycles. The molecule has 1 aromatic rings. The van der Waals surface area contributed by atoms with E-state index in [9.17, 15) is 4.79 Å². The third kappa shape index (κ3) is 3.91. The predicted octanol–water partition coefficient (Wildman–Crippen LogP) is 3.81. The number of ether oxygens (including phenoxy) is 1. The fraction of sp³-hybridized carbons (Fsp3) is 0.562. The first-order valence-corrected chi connectivity index (χ1v) is 9.76. The molecule has 22 heavy (non-hydrogen) atoms. The Kier molecular flexibility index (Phi) is 5.21. The number of carbonyl (C=O) groups is 1. The lowest BCUT2D eigenvalue weighted by molar-refractivity contribution is -0.0530. The Hall–Kier alpha value is -0.850. The van der Waals surface area contributed by atoms with E-state index in [0.717, 1.165) is 5.69 Å². The van der Waals surface area contributed by atoms with Crippen LogP contribution >= 0.6 is 23.5 Å². The number of hydrogen-bond acceptors (Lipinski definition) is 4. The lowest BCUT2D eigenvalue weighted by Crippen LogP contribution is -2.49. The first kappa shape index (κ1) is 16.0. The van der Waals surface area contributed by atoms with Gasteiger partial charge in [0.1, 0.15) is 0 Å². The molecular formula is C16H22N2O2S2. The molecule has 2 unspecified atom stereocenters. The number of nitrogens with one attached hydrogen (secondary N) is 1. The summed E-state index contributed by atoms with van der Waals surface area (Å²) in [5.41, 5.74) is 2.16. The zero-order chi connectivity index (χ0) is 15.5. The van der Waals surface area contributed by atoms with Gasteiger partial charge in [-0.1, -0.05) is 12.1 Å². The molecule has 0 spiro atoms. The Bertz CT molecular complexity index is 525. The molecule has 2 saturated heterocycles. The Labute approximate surface area is 140 Å². The van der Waals surface area contributed by atoms with E-state index in [4.69, 9.17) is 4.74 Å². The van der Waals surface area contributed by atoms with E-state index in [1.807, 2.05) is 54.4 Å². The number of anilines is 1. The summed E-state index contributed by atoms with van der Waals surface area (Å²) >= 11 is 3.95. The van der Waals surface area contributed by atoms with Gasteiger partial charge in [-0.3, -0.25) is 0 Å². The van der Waals surface area contributed by atoms with Crippen molar-refractivity contribution in [3.05, 3.63) is 29.8 Å². The maximum Gasteiger partial charge on any atom is 0.322 e. The molecule has 1 N–H and O–H groups in total. The number of amides is 2. The highest BCUT2D eigenvalue weighted by Crippen LogP contribution is 2.45. The summed E-state index contributed by atoms with van der Waals surface area (Å²) in [6.07, 6.45) is 0.180. The highest BCUT2D eigenvalue weighted by Gasteiger charge is 2.26. The Morgan fingerprint density at radius 3 is 2.59 bits per heavy atom. The minimum Gasteiger partial charge on any atom is -0.372 e. The third-order valence-corrected chi connectivity index (χ3v) is 6.84. The topological polar surface area (TPSA) is 41.6 Å². The van der Waals surface area contributed by atoms with Crippen LogP contribution in [0.15, 0.2) is 24.3 Å². The summed E-state index contributed by atoms with van der Waals surface area (Å²) in [6.45, 7) is 5.30. The minimum absolute atomic E-state index is 0.0362. The van der Waals surface area contributed by atoms with E-state index in [1.54, 1.807) is 0 Å². The highest BCUT2D eigenvalue weighted by molar-refractivity contribution is 8.19. The first-order valence-electron chi connectivity index (χ1n) is 7.66. The second kappa shape index (κ2) is 7.15. The second-order valence-electron chi connectivity index (χ2n) is 5.79. The van der Waals surface area contributed by atoms with E-state index < -0.39 is 0 Å². The summed E-state index contributed by atoms with van der Waals surface area (Å²) in [6, 6.07) is 8.19. The van der Waals surface area contributed by atoms with Crippen molar-refractivity contribution >= 4 is 35.2 Å². The molecule has 2 fully saturated rings. The molecule has 6 heteroatoms. The van der Waals surface area contributed by atoms with Gasteiger partial charge in [-0.2, -0.15) is 0 Å². The normalized spacial score (nSPS) is 26.2. The summed E-state index contributed by atoms with van der Waals surface area (Å²) in [7, 11) is 0. The zero-order valence-corrected chi connectivity index (χ0v) is 14.6. The number of hydrogen-bond donors (Lipinski definition) is 1. The molecule has 0 aliphatic carbocycles. The fourth-order valence-electron chi connectivity index (χ4n) is 2.86. The van der Waals surface area contributed by atoms with Crippen molar-refractivity contribution in [3.63, 3.8) is 0 Å². The average molecular weight is 338 g/mol. The molecule has 0 saturated carbocycles. The summed E-state index contributed by atoms with van der Waals surface area (Å²) in [5.74, 6) is 2.41. The van der Waals surface area contributed by atoms with Crippen LogP contribution in [0.5, 0.6) is 0 Å². The number of urea groups is 1. The van der Waals surface area contributed by atoms with Crippen molar-refractivity contribution in [2.45, 2.75) is 30.6 Å². The van der Waals surface area contributed by atoms with Crippen molar-refractivity contribution in [2.75, 3.05) is 29.9 Å². The lowest BCUT2D eigenvalue weighted by Gasteiger charge is -2.35. The summed E-state index contributed by atoms with van der Waals surface area (Å²) in [4.78, 5) is 14.3. The second-order valence-corrected chi connectivity index (χ2v) is 8.52. The van der Waals surface area contributed by atoms with Crippen molar-refractivity contribution in [2.24, 2.45) is 0 Å². The highest BCUT2D eigenvalue weighted by atomic mass is 32.2. The van der Waals surface area contributed by atoms with E-state index >= 15 is 0 Å². The van der Waals surface area contributed by atoms with Crippen molar-refractivity contribution in [1.82, 2.24) is 4.90 Å². The number of carbonyl (C=O) groups excluding carboxylic acids is 1. The Morgan fingerprint density at radius 2 is 1.91 bits per heavy atom. The van der Waals surface area contributed by atoms with Crippen LogP contribution in [0.2, 0.25) is 0 Å². The lowest BCUT2D eigenvalue weighted by atomic mass is 10.2. The van der Waals surface area contributed by atoms with Crippen LogP contribution in [0.4, 0.5) is 10.5 Å². The van der Waals surface area contributed by atoms with Crippen molar-refractivity contribution in [1.29, 1.82) is 0 Å². The SMILES string of the molecule is CC1CN(C(=O)Nc2cccc(C3SCCS3)c2)CC(C)O1. The molecular weight excluding hydrogens is 316 g/mol. The monoisotopic (exact) mass is 338 g/mol. The molecule has 0 radical (unpaired) electrons. The van der Waals surface area contributed by atoms with Crippen molar-refractivity contribution < 1.29 is 9.53 Å². The quantitative estimate of drug-likeness (QED) is 0.890. The van der Waals surface area contributed by atoms with E-state index in [-0.39, 0.29) is 18.2 Å². The minimum atomic E-state index is -0.0362. The molecule has 4 nitrogen and oxygen atoms in total. The van der Waals surface area contributed by atoms with Gasteiger partial charge in [0.25, 0.3) is 0 Å². The van der Waals surface area contributed by atoms with Gasteiger partial charge in [-0.25, -0.2) is 4.79 Å². The average Bonchev–Trinajstić information content (AvgIpc) is 3.00. The number of thioether (sulfide) groups is 2. The molecule has 0 aromatic heterocycles. The van der Waals surface area contributed by atoms with Crippen LogP contribution < -0.4 is 5.32 Å². The number of nitrogens with zero attached hydrogens (tertiary/aromatic N) is 1. The zero-order valence-electron chi connectivity index (χ0n) is 13.0. The van der Waals surface area contributed by atoms with E-state index in [1.165, 1.54) is 17.1 Å². The van der Waals surface area contributed by atoms with Gasteiger partial charge in [0.05, 0.1) is 16.8 Å². The van der Waals surface area contributed by atoms with Crippen LogP contribution in [0.3, 0.4) is 0 Å². The maximum atomic E-state index is 12.4.